The standard InChI is InChI=1S/C86H68N2O2P2S2/c1-9-27-63(28-10-1)83-75-51-52-76(87-75)84(64-29-11-2-12-30-64)80-56-58-82(94-80)86(66-45-49-68(50-46-66)90-60-26-62-92(72-37-19-6-20-38-72,73-39-21-7-22-40-73)74-41-23-8-24-42-74)78-54-53-77(88-78)85(81-57-55-79(83)93-81)65-43-47-67(48-44-65)89-59-25-61-91(69-31-13-3-14-32-69,70-33-15-4-16-34-70)71-35-17-5-18-36-71/h1-24,27-58H,25-26,59-62H2/q+2. The van der Waals surface area contributed by atoms with Crippen LogP contribution < -0.4 is 41.3 Å². The van der Waals surface area contributed by atoms with Crippen LogP contribution in [-0.4, -0.2) is 35.5 Å². The van der Waals surface area contributed by atoms with Gasteiger partial charge in [-0.05, 0) is 168 Å². The number of rotatable bonds is 20. The van der Waals surface area contributed by atoms with Crippen LogP contribution in [0.4, 0.5) is 0 Å². The number of hydrogen-bond donors (Lipinski definition) is 0. The first-order chi connectivity index (χ1) is 46.6. The Balaban J connectivity index is 0.803. The lowest BCUT2D eigenvalue weighted by atomic mass is 10.0. The molecule has 0 atom stereocenters. The van der Waals surface area contributed by atoms with Crippen LogP contribution in [0, 0.1) is 0 Å². The van der Waals surface area contributed by atoms with Crippen LogP contribution in [-0.2, 0) is 0 Å². The van der Waals surface area contributed by atoms with E-state index in [9.17, 15) is 0 Å². The van der Waals surface area contributed by atoms with Gasteiger partial charge in [0.05, 0.1) is 48.3 Å². The van der Waals surface area contributed by atoms with E-state index in [1.807, 2.05) is 0 Å². The van der Waals surface area contributed by atoms with E-state index in [-0.39, 0.29) is 0 Å². The molecular weight excluding hydrogens is 1220 g/mol. The largest absolute Gasteiger partial charge is 0.493 e. The fraction of sp³-hybridized carbons (Fsp3) is 0.0698. The van der Waals surface area contributed by atoms with E-state index in [1.165, 1.54) is 31.8 Å². The van der Waals surface area contributed by atoms with E-state index < -0.39 is 14.5 Å². The number of benzene rings is 10. The van der Waals surface area contributed by atoms with Gasteiger partial charge in [-0.1, -0.05) is 194 Å². The summed E-state index contributed by atoms with van der Waals surface area (Å²) in [6.07, 6.45) is 12.5. The van der Waals surface area contributed by atoms with Gasteiger partial charge in [0.1, 0.15) is 57.9 Å². The molecule has 4 nitrogen and oxygen atoms in total. The lowest BCUT2D eigenvalue weighted by Gasteiger charge is -2.27. The first-order valence-corrected chi connectivity index (χ1v) is 37.8. The van der Waals surface area contributed by atoms with E-state index in [2.05, 4.69) is 340 Å². The fourth-order valence-corrected chi connectivity index (χ4v) is 24.5. The molecule has 0 aliphatic carbocycles. The van der Waals surface area contributed by atoms with Crippen molar-refractivity contribution in [1.82, 2.24) is 9.97 Å². The van der Waals surface area contributed by atoms with Crippen molar-refractivity contribution in [3.63, 3.8) is 0 Å². The number of ether oxygens (including phenoxy) is 2. The molecule has 0 unspecified atom stereocenters. The summed E-state index contributed by atoms with van der Waals surface area (Å²) in [5.74, 6) is 1.68. The van der Waals surface area contributed by atoms with Crippen molar-refractivity contribution in [3.8, 4) is 56.0 Å². The molecule has 0 radical (unpaired) electrons. The second-order valence-corrected chi connectivity index (χ2v) is 32.9. The molecule has 8 heteroatoms. The summed E-state index contributed by atoms with van der Waals surface area (Å²) in [7, 11) is -4.00. The Morgan fingerprint density at radius 1 is 0.245 bits per heavy atom. The summed E-state index contributed by atoms with van der Waals surface area (Å²) in [6.45, 7) is 1.17. The summed E-state index contributed by atoms with van der Waals surface area (Å²) in [6, 6.07) is 115. The lowest BCUT2D eigenvalue weighted by Crippen LogP contribution is -2.33. The van der Waals surface area contributed by atoms with Crippen molar-refractivity contribution in [2.45, 2.75) is 12.8 Å². The predicted octanol–water partition coefficient (Wildman–Crippen LogP) is 20.3. The highest BCUT2D eigenvalue weighted by atomic mass is 32.1. The molecule has 0 fully saturated rings. The summed E-state index contributed by atoms with van der Waals surface area (Å²) >= 11 is 3.56. The van der Waals surface area contributed by atoms with Crippen LogP contribution >= 0.6 is 37.2 Å². The first kappa shape index (κ1) is 60.3. The van der Waals surface area contributed by atoms with Crippen LogP contribution in [0.3, 0.4) is 0 Å². The van der Waals surface area contributed by atoms with Crippen LogP contribution in [0.15, 0.2) is 315 Å². The van der Waals surface area contributed by atoms with E-state index in [1.54, 1.807) is 22.7 Å². The highest BCUT2D eigenvalue weighted by Gasteiger charge is 2.46. The molecule has 5 heterocycles. The topological polar surface area (TPSA) is 44.2 Å². The summed E-state index contributed by atoms with van der Waals surface area (Å²) < 4.78 is 17.9. The van der Waals surface area contributed by atoms with Gasteiger partial charge in [0.2, 0.25) is 0 Å². The molecule has 0 spiro atoms. The average Bonchev–Trinajstić information content (AvgIpc) is 1.59. The fourth-order valence-electron chi connectivity index (χ4n) is 13.6. The zero-order valence-corrected chi connectivity index (χ0v) is 55.4. The predicted molar refractivity (Wildman–Crippen MR) is 408 cm³/mol. The third-order valence-electron chi connectivity index (χ3n) is 17.9. The van der Waals surface area contributed by atoms with Crippen LogP contribution in [0.1, 0.15) is 35.6 Å². The summed E-state index contributed by atoms with van der Waals surface area (Å²) in [4.78, 5) is 11.3. The van der Waals surface area contributed by atoms with Crippen LogP contribution in [0.25, 0.3) is 87.6 Å². The van der Waals surface area contributed by atoms with Crippen molar-refractivity contribution in [3.05, 3.63) is 338 Å². The normalized spacial score (nSPS) is 12.0. The minimum Gasteiger partial charge on any atom is -0.493 e. The van der Waals surface area contributed by atoms with Gasteiger partial charge in [-0.3, -0.25) is 0 Å². The second kappa shape index (κ2) is 27.7. The molecular formula is C86H68N2O2P2S2+2. The first-order valence-electron chi connectivity index (χ1n) is 32.2. The maximum atomic E-state index is 6.73. The molecule has 10 aromatic carbocycles. The van der Waals surface area contributed by atoms with Crippen LogP contribution in [0.5, 0.6) is 11.5 Å². The Hall–Kier alpha value is -9.90. The van der Waals surface area contributed by atoms with Gasteiger partial charge in [0, 0.05) is 53.9 Å². The quantitative estimate of drug-likeness (QED) is 0.0563. The Morgan fingerprint density at radius 3 is 0.713 bits per heavy atom. The number of nitrogens with zero attached hydrogens (tertiary/aromatic N) is 2. The van der Waals surface area contributed by atoms with E-state index in [4.69, 9.17) is 19.4 Å². The third kappa shape index (κ3) is 12.2. The summed E-state index contributed by atoms with van der Waals surface area (Å²) in [5, 5.41) is 8.30. The monoisotopic (exact) mass is 1290 g/mol. The van der Waals surface area contributed by atoms with E-state index in [0.29, 0.717) is 13.2 Å². The zero-order valence-electron chi connectivity index (χ0n) is 52.0. The highest BCUT2D eigenvalue weighted by Crippen LogP contribution is 2.57. The molecule has 13 aromatic rings. The van der Waals surface area contributed by atoms with Gasteiger partial charge in [0.15, 0.2) is 0 Å². The van der Waals surface area contributed by atoms with E-state index in [0.717, 1.165) is 123 Å². The minimum absolute atomic E-state index is 0.586. The van der Waals surface area contributed by atoms with Crippen molar-refractivity contribution >= 4 is 112 Å². The number of thiophene rings is 2. The zero-order chi connectivity index (χ0) is 62.9. The van der Waals surface area contributed by atoms with Crippen molar-refractivity contribution in [2.24, 2.45) is 0 Å². The molecule has 0 amide bonds. The molecule has 0 saturated heterocycles. The molecule has 2 aliphatic heterocycles. The van der Waals surface area contributed by atoms with Gasteiger partial charge in [-0.25, -0.2) is 9.97 Å². The second-order valence-electron chi connectivity index (χ2n) is 23.5. The minimum atomic E-state index is -2.00. The van der Waals surface area contributed by atoms with Crippen LogP contribution in [0.2, 0.25) is 0 Å². The molecule has 2 aliphatic rings. The molecule has 454 valence electrons. The smallest absolute Gasteiger partial charge is 0.119 e. The van der Waals surface area contributed by atoms with Gasteiger partial charge in [0.25, 0.3) is 0 Å². The summed E-state index contributed by atoms with van der Waals surface area (Å²) in [5.41, 5.74) is 12.3. The number of aromatic nitrogens is 2. The van der Waals surface area contributed by atoms with Crippen molar-refractivity contribution < 1.29 is 9.47 Å². The van der Waals surface area contributed by atoms with E-state index >= 15 is 0 Å². The molecule has 8 bridgehead atoms. The maximum Gasteiger partial charge on any atom is 0.119 e. The van der Waals surface area contributed by atoms with Crippen molar-refractivity contribution in [2.75, 3.05) is 25.5 Å². The molecule has 0 N–H and O–H groups in total. The molecule has 94 heavy (non-hydrogen) atoms. The third-order valence-corrected chi connectivity index (χ3v) is 29.2. The SMILES string of the molecule is C1=Cc2nc1c(-c1ccccc1)c1ccc(s1)c(-c1ccc(OCCC[P+](c3ccccc3)(c3ccccc3)c3ccccc3)cc1)c1nc(c(-c3ccc(OCCC[P+](c4ccccc4)(c4ccccc4)c4ccccc4)cc3)c3ccc(s3)c2-c2ccccc2)C=C1. The number of fused-ring (bicyclic) bond motifs is 8. The molecule has 3 aromatic heterocycles. The Morgan fingerprint density at radius 2 is 0.468 bits per heavy atom. The number of hydrogen-bond acceptors (Lipinski definition) is 6. The van der Waals surface area contributed by atoms with Gasteiger partial charge in [-0.2, -0.15) is 0 Å². The lowest BCUT2D eigenvalue weighted by molar-refractivity contribution is 0.318. The van der Waals surface area contributed by atoms with Gasteiger partial charge < -0.3 is 9.47 Å². The highest BCUT2D eigenvalue weighted by molar-refractivity contribution is 7.96. The Bertz CT molecular complexity index is 4470. The average molecular weight is 1290 g/mol. The Kier molecular flexibility index (Phi) is 17.8. The van der Waals surface area contributed by atoms with Crippen molar-refractivity contribution in [1.29, 1.82) is 0 Å². The maximum absolute atomic E-state index is 6.73. The Labute approximate surface area is 560 Å². The molecule has 0 saturated carbocycles. The molecule has 15 rings (SSSR count). The van der Waals surface area contributed by atoms with Gasteiger partial charge >= 0.3 is 0 Å². The van der Waals surface area contributed by atoms with Gasteiger partial charge in [-0.15, -0.1) is 22.7 Å².